The number of pyridine rings is 1. The second kappa shape index (κ2) is 9.57. The summed E-state index contributed by atoms with van der Waals surface area (Å²) < 4.78 is 7.51. The maximum atomic E-state index is 13.2. The van der Waals surface area contributed by atoms with Crippen LogP contribution in [0.3, 0.4) is 0 Å². The number of hydrogen-bond acceptors (Lipinski definition) is 7. The van der Waals surface area contributed by atoms with E-state index in [4.69, 9.17) is 16.6 Å². The molecule has 2 aliphatic rings. The second-order valence-electron chi connectivity index (χ2n) is 8.44. The normalized spacial score (nSPS) is 20.1. The highest BCUT2D eigenvalue weighted by atomic mass is 32.2. The summed E-state index contributed by atoms with van der Waals surface area (Å²) in [5.41, 5.74) is 1.16. The number of nitrogens with zero attached hydrogens (tertiary/aromatic N) is 4. The van der Waals surface area contributed by atoms with Gasteiger partial charge < -0.3 is 9.32 Å². The number of nitriles is 1. The molecule has 172 valence electrons. The van der Waals surface area contributed by atoms with Gasteiger partial charge in [-0.05, 0) is 56.4 Å². The van der Waals surface area contributed by atoms with Crippen molar-refractivity contribution < 1.29 is 9.21 Å². The van der Waals surface area contributed by atoms with E-state index in [1.54, 1.807) is 36.0 Å². The van der Waals surface area contributed by atoms with Crippen molar-refractivity contribution in [2.24, 2.45) is 5.92 Å². The Kier molecular flexibility index (Phi) is 6.77. The molecular formula is C24H26N4O3S2. The molecule has 0 bridgehead atoms. The van der Waals surface area contributed by atoms with Gasteiger partial charge in [0.05, 0.1) is 17.7 Å². The Balaban J connectivity index is 1.83. The monoisotopic (exact) mass is 482 g/mol. The van der Waals surface area contributed by atoms with Gasteiger partial charge in [-0.1, -0.05) is 30.9 Å². The van der Waals surface area contributed by atoms with Gasteiger partial charge in [-0.15, -0.1) is 0 Å². The molecule has 0 aliphatic carbocycles. The van der Waals surface area contributed by atoms with Gasteiger partial charge in [0, 0.05) is 25.2 Å². The number of anilines is 1. The topological polar surface area (TPSA) is 82.5 Å². The van der Waals surface area contributed by atoms with Crippen molar-refractivity contribution in [1.29, 1.82) is 5.26 Å². The van der Waals surface area contributed by atoms with Gasteiger partial charge >= 0.3 is 0 Å². The molecule has 1 amide bonds. The Hall–Kier alpha value is -2.83. The van der Waals surface area contributed by atoms with Crippen molar-refractivity contribution in [2.45, 2.75) is 46.7 Å². The average molecular weight is 483 g/mol. The summed E-state index contributed by atoms with van der Waals surface area (Å²) in [7, 11) is 0. The summed E-state index contributed by atoms with van der Waals surface area (Å²) >= 11 is 6.71. The molecule has 9 heteroatoms. The molecule has 0 aromatic carbocycles. The minimum atomic E-state index is -0.284. The summed E-state index contributed by atoms with van der Waals surface area (Å²) in [6.07, 6.45) is 5.54. The summed E-state index contributed by atoms with van der Waals surface area (Å²) in [6.45, 7) is 8.25. The Morgan fingerprint density at radius 2 is 2.18 bits per heavy atom. The van der Waals surface area contributed by atoms with Crippen LogP contribution in [0.1, 0.15) is 49.1 Å². The number of aromatic nitrogens is 1. The molecule has 0 saturated carbocycles. The molecular weight excluding hydrogens is 456 g/mol. The summed E-state index contributed by atoms with van der Waals surface area (Å²) in [4.78, 5) is 30.6. The first-order chi connectivity index (χ1) is 15.8. The lowest BCUT2D eigenvalue weighted by Crippen LogP contribution is -2.40. The number of piperidine rings is 1. The third kappa shape index (κ3) is 4.37. The van der Waals surface area contributed by atoms with E-state index in [9.17, 15) is 14.9 Å². The zero-order valence-corrected chi connectivity index (χ0v) is 20.6. The smallest absolute Gasteiger partial charge is 0.270 e. The van der Waals surface area contributed by atoms with Gasteiger partial charge in [0.15, 0.2) is 0 Å². The number of hydrogen-bond donors (Lipinski definition) is 0. The van der Waals surface area contributed by atoms with Gasteiger partial charge in [0.2, 0.25) is 0 Å². The largest absolute Gasteiger partial charge is 0.467 e. The molecule has 0 N–H and O–H groups in total. The number of rotatable bonds is 5. The standard InChI is InChI=1S/C24H26N4O3S2/c1-4-27-21(26-9-5-7-15(2)13-26)18(16(3)19(12-25)22(27)29)11-20-23(30)28(24(32)33-20)14-17-8-6-10-31-17/h6,8,10-11,15H,4-5,7,9,13-14H2,1-3H3. The fourth-order valence-corrected chi connectivity index (χ4v) is 5.72. The van der Waals surface area contributed by atoms with Crippen LogP contribution in [0.4, 0.5) is 5.82 Å². The Morgan fingerprint density at radius 3 is 2.82 bits per heavy atom. The predicted octanol–water partition coefficient (Wildman–Crippen LogP) is 4.28. The number of carbonyl (C=O) groups is 1. The Morgan fingerprint density at radius 1 is 1.39 bits per heavy atom. The van der Waals surface area contributed by atoms with Crippen LogP contribution in [0, 0.1) is 24.2 Å². The molecule has 33 heavy (non-hydrogen) atoms. The molecule has 4 rings (SSSR count). The minimum absolute atomic E-state index is 0.114. The van der Waals surface area contributed by atoms with Crippen molar-refractivity contribution in [3.63, 3.8) is 0 Å². The average Bonchev–Trinajstić information content (AvgIpc) is 3.40. The molecule has 2 fully saturated rings. The van der Waals surface area contributed by atoms with E-state index in [-0.39, 0.29) is 23.6 Å². The zero-order chi connectivity index (χ0) is 23.7. The van der Waals surface area contributed by atoms with Crippen LogP contribution in [-0.4, -0.2) is 32.8 Å². The van der Waals surface area contributed by atoms with Crippen molar-refractivity contribution in [3.05, 3.63) is 56.1 Å². The van der Waals surface area contributed by atoms with Crippen LogP contribution in [0.5, 0.6) is 0 Å². The van der Waals surface area contributed by atoms with Crippen LogP contribution in [0.2, 0.25) is 0 Å². The van der Waals surface area contributed by atoms with E-state index in [0.29, 0.717) is 33.0 Å². The maximum absolute atomic E-state index is 13.2. The summed E-state index contributed by atoms with van der Waals surface area (Å²) in [6, 6.07) is 5.66. The third-order valence-corrected chi connectivity index (χ3v) is 7.54. The van der Waals surface area contributed by atoms with Crippen LogP contribution in [0.25, 0.3) is 6.08 Å². The van der Waals surface area contributed by atoms with Crippen LogP contribution in [-0.2, 0) is 17.9 Å². The highest BCUT2D eigenvalue weighted by Crippen LogP contribution is 2.37. The van der Waals surface area contributed by atoms with E-state index < -0.39 is 0 Å². The molecule has 1 atom stereocenters. The highest BCUT2D eigenvalue weighted by molar-refractivity contribution is 8.26. The zero-order valence-electron chi connectivity index (χ0n) is 19.0. The number of thiocarbonyl (C=S) groups is 1. The van der Waals surface area contributed by atoms with Gasteiger partial charge in [-0.25, -0.2) is 0 Å². The fraction of sp³-hybridized carbons (Fsp3) is 0.417. The van der Waals surface area contributed by atoms with Crippen molar-refractivity contribution in [3.8, 4) is 6.07 Å². The predicted molar refractivity (Wildman–Crippen MR) is 134 cm³/mol. The van der Waals surface area contributed by atoms with Crippen molar-refractivity contribution in [2.75, 3.05) is 18.0 Å². The van der Waals surface area contributed by atoms with Gasteiger partial charge in [-0.3, -0.25) is 19.1 Å². The molecule has 2 saturated heterocycles. The molecule has 0 radical (unpaired) electrons. The van der Waals surface area contributed by atoms with Gasteiger partial charge in [-0.2, -0.15) is 5.26 Å². The number of furan rings is 1. The van der Waals surface area contributed by atoms with E-state index >= 15 is 0 Å². The van der Waals surface area contributed by atoms with Crippen LogP contribution >= 0.6 is 24.0 Å². The fourth-order valence-electron chi connectivity index (χ4n) is 4.49. The third-order valence-electron chi connectivity index (χ3n) is 6.16. The quantitative estimate of drug-likeness (QED) is 0.465. The number of carbonyl (C=O) groups excluding carboxylic acids is 1. The number of thioether (sulfide) groups is 1. The van der Waals surface area contributed by atoms with E-state index in [0.717, 1.165) is 37.3 Å². The second-order valence-corrected chi connectivity index (χ2v) is 10.1. The van der Waals surface area contributed by atoms with Crippen molar-refractivity contribution in [1.82, 2.24) is 9.47 Å². The summed E-state index contributed by atoms with van der Waals surface area (Å²) in [5, 5.41) is 9.72. The maximum Gasteiger partial charge on any atom is 0.270 e. The first kappa shape index (κ1) is 23.3. The molecule has 0 spiro atoms. The van der Waals surface area contributed by atoms with E-state index in [1.807, 2.05) is 6.92 Å². The minimum Gasteiger partial charge on any atom is -0.467 e. The SMILES string of the molecule is CCn1c(N2CCCC(C)C2)c(C=C2SC(=S)N(Cc3ccco3)C2=O)c(C)c(C#N)c1=O. The first-order valence-electron chi connectivity index (χ1n) is 11.1. The van der Waals surface area contributed by atoms with E-state index in [1.165, 1.54) is 16.7 Å². The Labute approximate surface area is 202 Å². The van der Waals surface area contributed by atoms with Gasteiger partial charge in [0.1, 0.15) is 27.5 Å². The lowest BCUT2D eigenvalue weighted by molar-refractivity contribution is -0.122. The molecule has 2 aromatic heterocycles. The molecule has 1 unspecified atom stereocenters. The molecule has 2 aliphatic heterocycles. The molecule has 2 aromatic rings. The van der Waals surface area contributed by atoms with Gasteiger partial charge in [0.25, 0.3) is 11.5 Å². The highest BCUT2D eigenvalue weighted by Gasteiger charge is 2.34. The Bertz CT molecular complexity index is 1220. The number of amides is 1. The molecule has 7 nitrogen and oxygen atoms in total. The first-order valence-corrected chi connectivity index (χ1v) is 12.3. The van der Waals surface area contributed by atoms with Crippen LogP contribution < -0.4 is 10.5 Å². The van der Waals surface area contributed by atoms with Crippen LogP contribution in [0.15, 0.2) is 32.5 Å². The lowest BCUT2D eigenvalue weighted by Gasteiger charge is -2.35. The summed E-state index contributed by atoms with van der Waals surface area (Å²) in [5.74, 6) is 1.72. The van der Waals surface area contributed by atoms with Crippen molar-refractivity contribution >= 4 is 46.1 Å². The lowest BCUT2D eigenvalue weighted by atomic mass is 9.98. The molecule has 4 heterocycles. The van der Waals surface area contributed by atoms with E-state index in [2.05, 4.69) is 17.9 Å².